The van der Waals surface area contributed by atoms with E-state index >= 15 is 0 Å². The number of hydrogen-bond donors (Lipinski definition) is 1. The number of benzene rings is 2. The lowest BCUT2D eigenvalue weighted by Crippen LogP contribution is -2.36. The Hall–Kier alpha value is -2.99. The maximum atomic E-state index is 12.5. The summed E-state index contributed by atoms with van der Waals surface area (Å²) >= 11 is 6.04. The Kier molecular flexibility index (Phi) is 5.66. The average molecular weight is 386 g/mol. The van der Waals surface area contributed by atoms with Crippen LogP contribution in [0.3, 0.4) is 0 Å². The first-order valence-electron chi connectivity index (χ1n) is 8.38. The van der Waals surface area contributed by atoms with Gasteiger partial charge in [-0.3, -0.25) is 9.59 Å². The number of methoxy groups -OCH3 is 1. The van der Waals surface area contributed by atoms with Crippen molar-refractivity contribution < 1.29 is 14.3 Å². The summed E-state index contributed by atoms with van der Waals surface area (Å²) in [5.74, 6) is 0.197. The van der Waals surface area contributed by atoms with Crippen LogP contribution in [0.25, 0.3) is 10.9 Å². The molecular formula is C20H20ClN3O3. The van der Waals surface area contributed by atoms with E-state index in [0.717, 1.165) is 10.9 Å². The Balaban J connectivity index is 1.61. The fourth-order valence-electron chi connectivity index (χ4n) is 2.77. The fraction of sp³-hybridized carbons (Fsp3) is 0.200. The van der Waals surface area contributed by atoms with E-state index in [-0.39, 0.29) is 24.9 Å². The molecule has 0 saturated carbocycles. The lowest BCUT2D eigenvalue weighted by molar-refractivity contribution is -0.133. The molecule has 0 atom stereocenters. The minimum atomic E-state index is -0.278. The van der Waals surface area contributed by atoms with E-state index in [1.165, 1.54) is 4.90 Å². The molecule has 0 radical (unpaired) electrons. The molecule has 1 aromatic heterocycles. The number of carbonyl (C=O) groups excluding carboxylic acids is 2. The maximum Gasteiger partial charge on any atom is 0.243 e. The molecule has 140 valence electrons. The first kappa shape index (κ1) is 18.8. The Morgan fingerprint density at radius 1 is 1.19 bits per heavy atom. The molecule has 27 heavy (non-hydrogen) atoms. The molecule has 0 aliphatic rings. The molecule has 0 aliphatic carbocycles. The average Bonchev–Trinajstić information content (AvgIpc) is 3.03. The van der Waals surface area contributed by atoms with E-state index < -0.39 is 0 Å². The van der Waals surface area contributed by atoms with Gasteiger partial charge in [0, 0.05) is 35.5 Å². The molecule has 6 nitrogen and oxygen atoms in total. The van der Waals surface area contributed by atoms with Crippen LogP contribution in [0.5, 0.6) is 5.75 Å². The van der Waals surface area contributed by atoms with E-state index in [4.69, 9.17) is 16.3 Å². The first-order chi connectivity index (χ1) is 13.0. The lowest BCUT2D eigenvalue weighted by Gasteiger charge is -2.18. The van der Waals surface area contributed by atoms with Gasteiger partial charge in [-0.1, -0.05) is 23.7 Å². The largest absolute Gasteiger partial charge is 0.497 e. The molecule has 1 heterocycles. The number of nitrogens with one attached hydrogen (secondary N) is 1. The Labute approximate surface area is 162 Å². The van der Waals surface area contributed by atoms with Crippen molar-refractivity contribution in [3.8, 4) is 5.75 Å². The highest BCUT2D eigenvalue weighted by molar-refractivity contribution is 6.31. The predicted octanol–water partition coefficient (Wildman–Crippen LogP) is 3.40. The summed E-state index contributed by atoms with van der Waals surface area (Å²) in [5, 5.41) is 4.38. The zero-order valence-corrected chi connectivity index (χ0v) is 15.9. The summed E-state index contributed by atoms with van der Waals surface area (Å²) in [7, 11) is 3.16. The van der Waals surface area contributed by atoms with Crippen LogP contribution in [-0.4, -0.2) is 42.0 Å². The Morgan fingerprint density at radius 3 is 2.78 bits per heavy atom. The molecule has 0 spiro atoms. The molecular weight excluding hydrogens is 366 g/mol. The van der Waals surface area contributed by atoms with Gasteiger partial charge in [-0.15, -0.1) is 0 Å². The zero-order chi connectivity index (χ0) is 19.4. The summed E-state index contributed by atoms with van der Waals surface area (Å²) < 4.78 is 6.95. The minimum Gasteiger partial charge on any atom is -0.497 e. The number of rotatable bonds is 6. The van der Waals surface area contributed by atoms with Gasteiger partial charge in [0.25, 0.3) is 0 Å². The lowest BCUT2D eigenvalue weighted by atomic mass is 10.2. The second-order valence-corrected chi connectivity index (χ2v) is 6.61. The second kappa shape index (κ2) is 8.14. The van der Waals surface area contributed by atoms with Gasteiger partial charge in [0.15, 0.2) is 0 Å². The van der Waals surface area contributed by atoms with Crippen LogP contribution in [-0.2, 0) is 16.1 Å². The van der Waals surface area contributed by atoms with Gasteiger partial charge >= 0.3 is 0 Å². The van der Waals surface area contributed by atoms with Gasteiger partial charge in [-0.25, -0.2) is 0 Å². The molecule has 0 bridgehead atoms. The summed E-state index contributed by atoms with van der Waals surface area (Å²) in [6.45, 7) is 0.0861. The number of ether oxygens (including phenoxy) is 1. The zero-order valence-electron chi connectivity index (χ0n) is 15.1. The van der Waals surface area contributed by atoms with Crippen molar-refractivity contribution in [3.63, 3.8) is 0 Å². The van der Waals surface area contributed by atoms with Gasteiger partial charge in [-0.05, 0) is 35.7 Å². The van der Waals surface area contributed by atoms with Gasteiger partial charge < -0.3 is 19.5 Å². The third-order valence-corrected chi connectivity index (χ3v) is 4.44. The van der Waals surface area contributed by atoms with Crippen molar-refractivity contribution in [1.29, 1.82) is 0 Å². The van der Waals surface area contributed by atoms with E-state index in [1.807, 2.05) is 35.0 Å². The van der Waals surface area contributed by atoms with Crippen molar-refractivity contribution >= 4 is 40.0 Å². The van der Waals surface area contributed by atoms with E-state index in [9.17, 15) is 9.59 Å². The van der Waals surface area contributed by atoms with Gasteiger partial charge in [0.05, 0.1) is 13.7 Å². The molecule has 0 fully saturated rings. The number of amides is 2. The van der Waals surface area contributed by atoms with Crippen molar-refractivity contribution in [3.05, 3.63) is 59.8 Å². The summed E-state index contributed by atoms with van der Waals surface area (Å²) in [6, 6.07) is 14.5. The van der Waals surface area contributed by atoms with Crippen molar-refractivity contribution in [2.24, 2.45) is 0 Å². The summed E-state index contributed by atoms with van der Waals surface area (Å²) in [6.07, 6.45) is 1.84. The molecule has 0 saturated heterocycles. The highest BCUT2D eigenvalue weighted by Crippen LogP contribution is 2.20. The number of anilines is 1. The second-order valence-electron chi connectivity index (χ2n) is 6.18. The fourth-order valence-corrected chi connectivity index (χ4v) is 2.93. The van der Waals surface area contributed by atoms with Crippen molar-refractivity contribution in [2.45, 2.75) is 6.54 Å². The predicted molar refractivity (Wildman–Crippen MR) is 106 cm³/mol. The van der Waals surface area contributed by atoms with Crippen LogP contribution in [0.15, 0.2) is 54.7 Å². The van der Waals surface area contributed by atoms with Gasteiger partial charge in [0.2, 0.25) is 11.8 Å². The molecule has 1 N–H and O–H groups in total. The van der Waals surface area contributed by atoms with Crippen LogP contribution in [0.1, 0.15) is 0 Å². The van der Waals surface area contributed by atoms with Crippen molar-refractivity contribution in [2.75, 3.05) is 26.0 Å². The maximum absolute atomic E-state index is 12.5. The number of likely N-dealkylation sites (N-methyl/N-ethyl adjacent to an activating group) is 1. The van der Waals surface area contributed by atoms with E-state index in [0.29, 0.717) is 16.5 Å². The van der Waals surface area contributed by atoms with Crippen LogP contribution in [0.2, 0.25) is 5.02 Å². The summed E-state index contributed by atoms with van der Waals surface area (Å²) in [4.78, 5) is 26.1. The molecule has 2 amide bonds. The molecule has 0 aliphatic heterocycles. The molecule has 2 aromatic carbocycles. The molecule has 0 unspecified atom stereocenters. The van der Waals surface area contributed by atoms with Crippen LogP contribution >= 0.6 is 11.6 Å². The molecule has 3 rings (SSSR count). The normalized spacial score (nSPS) is 10.6. The van der Waals surface area contributed by atoms with Crippen LogP contribution in [0, 0.1) is 0 Å². The number of fused-ring (bicyclic) bond motifs is 1. The number of nitrogens with zero attached hydrogens (tertiary/aromatic N) is 2. The highest BCUT2D eigenvalue weighted by Gasteiger charge is 2.15. The standard InChI is InChI=1S/C20H20ClN3O3/c1-23(12-19(25)22-16-4-3-5-17(11-16)27-2)20(26)13-24-9-8-14-6-7-15(21)10-18(14)24/h3-11H,12-13H2,1-2H3,(H,22,25). The SMILES string of the molecule is COc1cccc(NC(=O)CN(C)C(=O)Cn2ccc3ccc(Cl)cc32)c1. The van der Waals surface area contributed by atoms with Gasteiger partial charge in [-0.2, -0.15) is 0 Å². The third-order valence-electron chi connectivity index (χ3n) is 4.20. The van der Waals surface area contributed by atoms with E-state index in [1.54, 1.807) is 38.4 Å². The Bertz CT molecular complexity index is 984. The Morgan fingerprint density at radius 2 is 2.00 bits per heavy atom. The van der Waals surface area contributed by atoms with E-state index in [2.05, 4.69) is 5.32 Å². The quantitative estimate of drug-likeness (QED) is 0.707. The van der Waals surface area contributed by atoms with Crippen molar-refractivity contribution in [1.82, 2.24) is 9.47 Å². The third kappa shape index (κ3) is 4.60. The minimum absolute atomic E-state index is 0.0456. The number of halogens is 1. The topological polar surface area (TPSA) is 63.6 Å². The highest BCUT2D eigenvalue weighted by atomic mass is 35.5. The van der Waals surface area contributed by atoms with Crippen LogP contribution in [0.4, 0.5) is 5.69 Å². The first-order valence-corrected chi connectivity index (χ1v) is 8.76. The van der Waals surface area contributed by atoms with Crippen LogP contribution < -0.4 is 10.1 Å². The monoisotopic (exact) mass is 385 g/mol. The molecule has 3 aromatic rings. The number of aromatic nitrogens is 1. The van der Waals surface area contributed by atoms with Gasteiger partial charge in [0.1, 0.15) is 12.3 Å². The number of hydrogen-bond acceptors (Lipinski definition) is 3. The number of carbonyl (C=O) groups is 2. The molecule has 7 heteroatoms. The smallest absolute Gasteiger partial charge is 0.243 e. The summed E-state index contributed by atoms with van der Waals surface area (Å²) in [5.41, 5.74) is 1.50.